The molecular formula is C27H26Cl2N6O9S. The predicted octanol–water partition coefficient (Wildman–Crippen LogP) is 5.81. The van der Waals surface area contributed by atoms with Gasteiger partial charge in [0.2, 0.25) is 11.7 Å². The zero-order valence-electron chi connectivity index (χ0n) is 23.8. The van der Waals surface area contributed by atoms with E-state index >= 15 is 0 Å². The highest BCUT2D eigenvalue weighted by Crippen LogP contribution is 2.41. The van der Waals surface area contributed by atoms with Crippen LogP contribution >= 0.6 is 35.0 Å². The Balaban J connectivity index is 1.36. The zero-order chi connectivity index (χ0) is 32.1. The summed E-state index contributed by atoms with van der Waals surface area (Å²) in [7, 11) is 0. The Labute approximate surface area is 270 Å². The number of imidazole rings is 2. The smallest absolute Gasteiger partial charge is 0.301 e. The van der Waals surface area contributed by atoms with E-state index in [1.807, 2.05) is 4.57 Å². The molecule has 2 aromatic carbocycles. The van der Waals surface area contributed by atoms with Crippen molar-refractivity contribution in [3.8, 4) is 22.9 Å². The Kier molecular flexibility index (Phi) is 9.99. The summed E-state index contributed by atoms with van der Waals surface area (Å²) < 4.78 is 21.8. The van der Waals surface area contributed by atoms with Gasteiger partial charge in [0.05, 0.1) is 24.5 Å². The zero-order valence-corrected chi connectivity index (χ0v) is 26.1. The summed E-state index contributed by atoms with van der Waals surface area (Å²) in [6.45, 7) is 2.28. The van der Waals surface area contributed by atoms with Crippen molar-refractivity contribution in [3.63, 3.8) is 0 Å². The second-order valence-corrected chi connectivity index (χ2v) is 11.2. The van der Waals surface area contributed by atoms with Crippen LogP contribution in [0.3, 0.4) is 0 Å². The molecule has 1 aliphatic rings. The van der Waals surface area contributed by atoms with Gasteiger partial charge in [-0.25, -0.2) is 4.98 Å². The van der Waals surface area contributed by atoms with Crippen molar-refractivity contribution in [3.05, 3.63) is 97.0 Å². The minimum atomic E-state index is -1.22. The van der Waals surface area contributed by atoms with Crippen LogP contribution < -0.4 is 9.57 Å². The number of benzene rings is 2. The van der Waals surface area contributed by atoms with Crippen LogP contribution in [-0.4, -0.2) is 54.8 Å². The van der Waals surface area contributed by atoms with Gasteiger partial charge in [-0.05, 0) is 49.1 Å². The standard InChI is InChI=1S/C27H26Cl2N6O9S/c1-3-23(43-34(36)37)33-24(25(44-35(38)39)31-26(33)45-2)17-4-7-19(8-5-17)40-13-20-14-41-27(42-20,15-32-11-10-30-16-32)21-9-6-18(28)12-22(21)29/h4-12,16,20,23H,3,13-15H2,1-2H3. The minimum Gasteiger partial charge on any atom is -0.491 e. The fourth-order valence-electron chi connectivity index (χ4n) is 4.88. The number of hydrogen-bond donors (Lipinski definition) is 0. The number of thioether (sulfide) groups is 1. The highest BCUT2D eigenvalue weighted by molar-refractivity contribution is 7.98. The summed E-state index contributed by atoms with van der Waals surface area (Å²) in [5.41, 5.74) is 1.16. The third kappa shape index (κ3) is 7.26. The number of nitrogens with zero attached hydrogens (tertiary/aromatic N) is 6. The Morgan fingerprint density at radius 3 is 2.58 bits per heavy atom. The molecule has 0 radical (unpaired) electrons. The van der Waals surface area contributed by atoms with Gasteiger partial charge in [0.25, 0.3) is 5.09 Å². The molecule has 5 rings (SSSR count). The summed E-state index contributed by atoms with van der Waals surface area (Å²) in [5.74, 6) is -1.10. The Morgan fingerprint density at radius 1 is 1.18 bits per heavy atom. The van der Waals surface area contributed by atoms with E-state index in [2.05, 4.69) is 9.97 Å². The first kappa shape index (κ1) is 32.3. The molecule has 1 fully saturated rings. The van der Waals surface area contributed by atoms with Crippen molar-refractivity contribution in [2.24, 2.45) is 0 Å². The molecule has 45 heavy (non-hydrogen) atoms. The first-order valence-electron chi connectivity index (χ1n) is 13.4. The molecule has 0 aliphatic carbocycles. The molecule has 18 heteroatoms. The van der Waals surface area contributed by atoms with E-state index in [9.17, 15) is 20.2 Å². The van der Waals surface area contributed by atoms with Gasteiger partial charge in [0.1, 0.15) is 24.2 Å². The maximum atomic E-state index is 11.2. The van der Waals surface area contributed by atoms with Crippen LogP contribution in [0.1, 0.15) is 25.1 Å². The van der Waals surface area contributed by atoms with Gasteiger partial charge in [-0.3, -0.25) is 14.2 Å². The average molecular weight is 682 g/mol. The monoisotopic (exact) mass is 680 g/mol. The van der Waals surface area contributed by atoms with Crippen molar-refractivity contribution in [1.29, 1.82) is 0 Å². The third-order valence-corrected chi connectivity index (χ3v) is 7.95. The quantitative estimate of drug-likeness (QED) is 0.0891. The molecule has 1 saturated heterocycles. The molecule has 3 heterocycles. The molecule has 1 aliphatic heterocycles. The Bertz CT molecular complexity index is 1660. The molecule has 15 nitrogen and oxygen atoms in total. The van der Waals surface area contributed by atoms with Gasteiger partial charge in [-0.15, -0.1) is 20.2 Å². The Hall–Kier alpha value is -4.09. The largest absolute Gasteiger partial charge is 0.491 e. The van der Waals surface area contributed by atoms with Crippen molar-refractivity contribution in [2.45, 2.75) is 43.2 Å². The predicted molar refractivity (Wildman–Crippen MR) is 161 cm³/mol. The van der Waals surface area contributed by atoms with Crippen LogP contribution in [0.4, 0.5) is 0 Å². The normalized spacial score (nSPS) is 18.4. The lowest BCUT2D eigenvalue weighted by Gasteiger charge is -2.30. The fraction of sp³-hybridized carbons (Fsp3) is 0.333. The number of rotatable bonds is 14. The van der Waals surface area contributed by atoms with Crippen LogP contribution in [-0.2, 0) is 26.6 Å². The lowest BCUT2D eigenvalue weighted by atomic mass is 10.1. The van der Waals surface area contributed by atoms with Crippen LogP contribution in [0.5, 0.6) is 11.6 Å². The molecule has 238 valence electrons. The maximum Gasteiger partial charge on any atom is 0.301 e. The molecule has 4 aromatic rings. The summed E-state index contributed by atoms with van der Waals surface area (Å²) in [6, 6.07) is 11.6. The lowest BCUT2D eigenvalue weighted by molar-refractivity contribution is -0.776. The molecule has 0 N–H and O–H groups in total. The van der Waals surface area contributed by atoms with E-state index < -0.39 is 28.3 Å². The van der Waals surface area contributed by atoms with Crippen LogP contribution in [0.15, 0.2) is 66.3 Å². The second-order valence-electron chi connectivity index (χ2n) is 9.63. The average Bonchev–Trinajstić information content (AvgIpc) is 3.74. The highest BCUT2D eigenvalue weighted by Gasteiger charge is 2.45. The summed E-state index contributed by atoms with van der Waals surface area (Å²) in [5, 5.41) is 21.6. The van der Waals surface area contributed by atoms with E-state index in [-0.39, 0.29) is 42.9 Å². The number of halogens is 2. The summed E-state index contributed by atoms with van der Waals surface area (Å²) >= 11 is 13.8. The lowest BCUT2D eigenvalue weighted by Crippen LogP contribution is -2.34. The van der Waals surface area contributed by atoms with Crippen LogP contribution in [0, 0.1) is 20.2 Å². The van der Waals surface area contributed by atoms with Crippen LogP contribution in [0.2, 0.25) is 10.0 Å². The molecule has 3 atom stereocenters. The summed E-state index contributed by atoms with van der Waals surface area (Å²) in [4.78, 5) is 40.3. The molecule has 0 amide bonds. The van der Waals surface area contributed by atoms with Crippen molar-refractivity contribution >= 4 is 35.0 Å². The molecule has 2 aromatic heterocycles. The van der Waals surface area contributed by atoms with Crippen molar-refractivity contribution in [1.82, 2.24) is 19.1 Å². The molecule has 0 spiro atoms. The minimum absolute atomic E-state index is 0.120. The van der Waals surface area contributed by atoms with E-state index in [0.717, 1.165) is 11.8 Å². The number of aromatic nitrogens is 4. The van der Waals surface area contributed by atoms with Crippen LogP contribution in [0.25, 0.3) is 11.3 Å². The van der Waals surface area contributed by atoms with E-state index in [1.54, 1.807) is 74.4 Å². The van der Waals surface area contributed by atoms with E-state index in [4.69, 9.17) is 47.1 Å². The van der Waals surface area contributed by atoms with Gasteiger partial charge >= 0.3 is 5.09 Å². The molecule has 0 bridgehead atoms. The van der Waals surface area contributed by atoms with Gasteiger partial charge in [0.15, 0.2) is 11.4 Å². The topological polar surface area (TPSA) is 168 Å². The maximum absolute atomic E-state index is 11.2. The van der Waals surface area contributed by atoms with Gasteiger partial charge in [0, 0.05) is 28.5 Å². The Morgan fingerprint density at radius 2 is 1.96 bits per heavy atom. The third-order valence-electron chi connectivity index (χ3n) is 6.75. The molecule has 3 unspecified atom stereocenters. The first-order chi connectivity index (χ1) is 21.6. The van der Waals surface area contributed by atoms with E-state index in [1.165, 1.54) is 4.57 Å². The fourth-order valence-corrected chi connectivity index (χ4v) is 6.01. The second kappa shape index (κ2) is 13.9. The van der Waals surface area contributed by atoms with Gasteiger partial charge in [-0.2, -0.15) is 4.98 Å². The first-order valence-corrected chi connectivity index (χ1v) is 15.4. The summed E-state index contributed by atoms with van der Waals surface area (Å²) in [6.07, 6.45) is 5.34. The van der Waals surface area contributed by atoms with Crippen molar-refractivity contribution in [2.75, 3.05) is 19.5 Å². The molecule has 0 saturated carbocycles. The number of ether oxygens (including phenoxy) is 3. The van der Waals surface area contributed by atoms with Gasteiger partial charge < -0.3 is 18.8 Å². The number of hydrogen-bond acceptors (Lipinski definition) is 12. The SMILES string of the molecule is CCC(O[N+](=O)[O-])n1c(SC)nc(O[N+](=O)[O-])c1-c1ccc(OCC2COC(Cn3ccnc3)(c3ccc(Cl)cc3Cl)O2)cc1. The van der Waals surface area contributed by atoms with Crippen molar-refractivity contribution < 1.29 is 34.1 Å². The van der Waals surface area contributed by atoms with Gasteiger partial charge in [-0.1, -0.05) is 48.0 Å². The highest BCUT2D eigenvalue weighted by atomic mass is 35.5. The molecular weight excluding hydrogens is 655 g/mol. The van der Waals surface area contributed by atoms with E-state index in [0.29, 0.717) is 26.9 Å².